The quantitative estimate of drug-likeness (QED) is 0.294. The highest BCUT2D eigenvalue weighted by Gasteiger charge is 2.09. The van der Waals surface area contributed by atoms with Gasteiger partial charge in [0.1, 0.15) is 17.5 Å². The van der Waals surface area contributed by atoms with Crippen LogP contribution in [0.2, 0.25) is 0 Å². The summed E-state index contributed by atoms with van der Waals surface area (Å²) >= 11 is 0. The van der Waals surface area contributed by atoms with Gasteiger partial charge >= 0.3 is 0 Å². The average molecular weight is 462 g/mol. The molecule has 0 aliphatic heterocycles. The fourth-order valence-electron chi connectivity index (χ4n) is 3.57. The second-order valence-corrected chi connectivity index (χ2v) is 8.09. The van der Waals surface area contributed by atoms with E-state index in [2.05, 4.69) is 42.8 Å². The molecule has 3 aromatic carbocycles. The van der Waals surface area contributed by atoms with Crippen LogP contribution in [-0.2, 0) is 0 Å². The van der Waals surface area contributed by atoms with E-state index >= 15 is 0 Å². The summed E-state index contributed by atoms with van der Waals surface area (Å²) < 4.78 is 0. The summed E-state index contributed by atoms with van der Waals surface area (Å²) in [7, 11) is 0. The van der Waals surface area contributed by atoms with Crippen LogP contribution in [0, 0.1) is 13.8 Å². The molecule has 0 aliphatic rings. The SMILES string of the molecule is Cc1ccc(Nc2cc(Nc3ccc(NC(=O)c4ccc5nccnc5c4)cc3)nc(C)n2)cc1. The topological polar surface area (TPSA) is 105 Å². The third kappa shape index (κ3) is 5.39. The first-order valence-electron chi connectivity index (χ1n) is 11.1. The molecular formula is C27H23N7O. The summed E-state index contributed by atoms with van der Waals surface area (Å²) in [6, 6.07) is 22.7. The van der Waals surface area contributed by atoms with Crippen LogP contribution in [0.15, 0.2) is 85.2 Å². The minimum atomic E-state index is -0.212. The molecule has 0 radical (unpaired) electrons. The lowest BCUT2D eigenvalue weighted by atomic mass is 10.1. The second-order valence-electron chi connectivity index (χ2n) is 8.09. The van der Waals surface area contributed by atoms with E-state index in [4.69, 9.17) is 0 Å². The van der Waals surface area contributed by atoms with Crippen LogP contribution in [0.3, 0.4) is 0 Å². The van der Waals surface area contributed by atoms with Crippen molar-refractivity contribution >= 4 is 45.6 Å². The Hall–Kier alpha value is -4.85. The second kappa shape index (κ2) is 9.56. The van der Waals surface area contributed by atoms with Gasteiger partial charge in [0.05, 0.1) is 11.0 Å². The van der Waals surface area contributed by atoms with Crippen molar-refractivity contribution in [2.75, 3.05) is 16.0 Å². The van der Waals surface area contributed by atoms with Gasteiger partial charge in [-0.25, -0.2) is 9.97 Å². The first-order chi connectivity index (χ1) is 17.0. The lowest BCUT2D eigenvalue weighted by Crippen LogP contribution is -2.11. The maximum Gasteiger partial charge on any atom is 0.255 e. The summed E-state index contributed by atoms with van der Waals surface area (Å²) in [5.74, 6) is 1.80. The van der Waals surface area contributed by atoms with Crippen LogP contribution in [0.4, 0.5) is 28.7 Å². The van der Waals surface area contributed by atoms with Crippen molar-refractivity contribution in [2.24, 2.45) is 0 Å². The molecule has 8 heteroatoms. The van der Waals surface area contributed by atoms with Gasteiger partial charge in [-0.1, -0.05) is 17.7 Å². The Morgan fingerprint density at radius 3 is 1.89 bits per heavy atom. The lowest BCUT2D eigenvalue weighted by molar-refractivity contribution is 0.102. The number of nitrogens with one attached hydrogen (secondary N) is 3. The number of aromatic nitrogens is 4. The van der Waals surface area contributed by atoms with E-state index in [1.807, 2.05) is 61.5 Å². The van der Waals surface area contributed by atoms with E-state index < -0.39 is 0 Å². The van der Waals surface area contributed by atoms with Crippen LogP contribution in [0.1, 0.15) is 21.7 Å². The highest BCUT2D eigenvalue weighted by Crippen LogP contribution is 2.22. The summed E-state index contributed by atoms with van der Waals surface area (Å²) in [5.41, 5.74) is 5.61. The number of hydrogen-bond donors (Lipinski definition) is 3. The number of benzene rings is 3. The normalized spacial score (nSPS) is 10.7. The van der Waals surface area contributed by atoms with Crippen LogP contribution in [0.5, 0.6) is 0 Å². The standard InChI is InChI=1S/C27H23N7O/c1-17-3-6-20(7-4-17)32-25-16-26(31-18(2)30-25)33-21-8-10-22(11-9-21)34-27(35)19-5-12-23-24(15-19)29-14-13-28-23/h3-16H,1-2H3,(H,34,35)(H2,30,31,32,33). The Labute approximate surface area is 202 Å². The number of nitrogens with zero attached hydrogens (tertiary/aromatic N) is 4. The molecule has 172 valence electrons. The molecule has 0 atom stereocenters. The van der Waals surface area contributed by atoms with E-state index in [0.717, 1.165) is 16.9 Å². The summed E-state index contributed by atoms with van der Waals surface area (Å²) in [6.45, 7) is 3.90. The predicted molar refractivity (Wildman–Crippen MR) is 138 cm³/mol. The maximum atomic E-state index is 12.7. The van der Waals surface area contributed by atoms with E-state index in [-0.39, 0.29) is 5.91 Å². The number of aryl methyl sites for hydroxylation is 2. The predicted octanol–water partition coefficient (Wildman–Crippen LogP) is 5.78. The number of carbonyl (C=O) groups excluding carboxylic acids is 1. The van der Waals surface area contributed by atoms with Gasteiger partial charge in [-0.3, -0.25) is 14.8 Å². The van der Waals surface area contributed by atoms with Gasteiger partial charge in [0.25, 0.3) is 5.91 Å². The van der Waals surface area contributed by atoms with Crippen LogP contribution in [-0.4, -0.2) is 25.8 Å². The average Bonchev–Trinajstić information content (AvgIpc) is 2.86. The van der Waals surface area contributed by atoms with Crippen LogP contribution < -0.4 is 16.0 Å². The van der Waals surface area contributed by atoms with Crippen molar-refractivity contribution in [3.8, 4) is 0 Å². The molecule has 0 saturated carbocycles. The van der Waals surface area contributed by atoms with Gasteiger partial charge in [0.2, 0.25) is 0 Å². The third-order valence-electron chi connectivity index (χ3n) is 5.31. The Kier molecular flexibility index (Phi) is 6.00. The van der Waals surface area contributed by atoms with E-state index in [1.54, 1.807) is 30.6 Å². The zero-order valence-corrected chi connectivity index (χ0v) is 19.3. The molecule has 0 saturated heterocycles. The fraction of sp³-hybridized carbons (Fsp3) is 0.0741. The molecule has 0 fully saturated rings. The number of rotatable bonds is 6. The minimum absolute atomic E-state index is 0.212. The smallest absolute Gasteiger partial charge is 0.255 e. The molecule has 3 N–H and O–H groups in total. The van der Waals surface area contributed by atoms with Crippen molar-refractivity contribution in [3.63, 3.8) is 0 Å². The van der Waals surface area contributed by atoms with Gasteiger partial charge in [0, 0.05) is 41.1 Å². The molecule has 0 bridgehead atoms. The Morgan fingerprint density at radius 1 is 0.657 bits per heavy atom. The molecule has 35 heavy (non-hydrogen) atoms. The molecule has 5 aromatic rings. The maximum absolute atomic E-state index is 12.7. The van der Waals surface area contributed by atoms with Crippen molar-refractivity contribution in [2.45, 2.75) is 13.8 Å². The molecule has 2 aromatic heterocycles. The summed E-state index contributed by atoms with van der Waals surface area (Å²) in [6.07, 6.45) is 3.23. The van der Waals surface area contributed by atoms with Gasteiger partial charge in [0.15, 0.2) is 0 Å². The monoisotopic (exact) mass is 461 g/mol. The molecule has 1 amide bonds. The Balaban J connectivity index is 1.26. The first kappa shape index (κ1) is 22.0. The van der Waals surface area contributed by atoms with Crippen molar-refractivity contribution < 1.29 is 4.79 Å². The lowest BCUT2D eigenvalue weighted by Gasteiger charge is -2.11. The van der Waals surface area contributed by atoms with Crippen LogP contribution >= 0.6 is 0 Å². The van der Waals surface area contributed by atoms with Crippen LogP contribution in [0.25, 0.3) is 11.0 Å². The highest BCUT2D eigenvalue weighted by atomic mass is 16.1. The molecule has 5 rings (SSSR count). The Morgan fingerprint density at radius 2 is 1.23 bits per heavy atom. The molecule has 0 aliphatic carbocycles. The zero-order chi connectivity index (χ0) is 24.2. The summed E-state index contributed by atoms with van der Waals surface area (Å²) in [4.78, 5) is 30.1. The van der Waals surface area contributed by atoms with Crippen molar-refractivity contribution in [3.05, 3.63) is 102 Å². The van der Waals surface area contributed by atoms with E-state index in [0.29, 0.717) is 34.2 Å². The van der Waals surface area contributed by atoms with E-state index in [1.165, 1.54) is 5.56 Å². The molecule has 0 unspecified atom stereocenters. The van der Waals surface area contributed by atoms with Gasteiger partial charge in [-0.15, -0.1) is 0 Å². The van der Waals surface area contributed by atoms with Crippen molar-refractivity contribution in [1.29, 1.82) is 0 Å². The summed E-state index contributed by atoms with van der Waals surface area (Å²) in [5, 5.41) is 9.51. The molecular weight excluding hydrogens is 438 g/mol. The largest absolute Gasteiger partial charge is 0.340 e. The van der Waals surface area contributed by atoms with Crippen molar-refractivity contribution in [1.82, 2.24) is 19.9 Å². The fourth-order valence-corrected chi connectivity index (χ4v) is 3.57. The highest BCUT2D eigenvalue weighted by molar-refractivity contribution is 6.05. The van der Waals surface area contributed by atoms with Gasteiger partial charge in [-0.05, 0) is 68.4 Å². The third-order valence-corrected chi connectivity index (χ3v) is 5.31. The number of amides is 1. The van der Waals surface area contributed by atoms with Gasteiger partial charge in [-0.2, -0.15) is 0 Å². The van der Waals surface area contributed by atoms with E-state index in [9.17, 15) is 4.79 Å². The zero-order valence-electron chi connectivity index (χ0n) is 19.3. The molecule has 0 spiro atoms. The Bertz CT molecular complexity index is 1500. The molecule has 8 nitrogen and oxygen atoms in total. The minimum Gasteiger partial charge on any atom is -0.340 e. The number of hydrogen-bond acceptors (Lipinski definition) is 7. The number of fused-ring (bicyclic) bond motifs is 1. The molecule has 2 heterocycles. The first-order valence-corrected chi connectivity index (χ1v) is 11.1. The van der Waals surface area contributed by atoms with Gasteiger partial charge < -0.3 is 16.0 Å². The number of anilines is 5. The number of carbonyl (C=O) groups is 1.